The molecule has 1 aromatic heterocycles. The fraction of sp³-hybridized carbons (Fsp3) is 0.412. The van der Waals surface area contributed by atoms with E-state index >= 15 is 0 Å². The minimum absolute atomic E-state index is 0.221. The average Bonchev–Trinajstić information content (AvgIpc) is 3.08. The normalized spacial score (nSPS) is 14.4. The maximum absolute atomic E-state index is 13.8. The Morgan fingerprint density at radius 1 is 0.800 bits per heavy atom. The Hall–Kier alpha value is -3.38. The largest absolute Gasteiger partial charge is 0.388 e. The van der Waals surface area contributed by atoms with E-state index in [2.05, 4.69) is 27.9 Å². The van der Waals surface area contributed by atoms with Gasteiger partial charge in [0.15, 0.2) is 0 Å². The van der Waals surface area contributed by atoms with Crippen molar-refractivity contribution in [1.82, 2.24) is 20.9 Å². The number of carbonyl (C=O) groups is 3. The lowest BCUT2D eigenvalue weighted by molar-refractivity contribution is -0.125. The van der Waals surface area contributed by atoms with Gasteiger partial charge in [-0.15, -0.1) is 0 Å². The molecule has 3 rings (SSSR count). The molecule has 5 N–H and O–H groups in total. The van der Waals surface area contributed by atoms with Gasteiger partial charge in [0.25, 0.3) is 11.8 Å². The van der Waals surface area contributed by atoms with Crippen molar-refractivity contribution in [3.63, 3.8) is 0 Å². The highest BCUT2D eigenvalue weighted by atomic mass is 32.2. The standard InChI is InChI=1S/C34H44N4O5S2/c1-3-4-19-45-23-29(38-33(42)26-16-11-18-35-22-26)34(43)37-28(21-24-12-7-5-8-13-24)31(40)30(39)27(17-20-44-2)36-32(41)25-14-9-6-10-15-25/h5-16,18,22,27-31,39-40H,3-4,17,19-21,23H2,1-2H3,(H,36,41)(H,37,43)(H,38,42)/t27-,28+,29-,30-,31-/m1/s1. The molecule has 0 fully saturated rings. The summed E-state index contributed by atoms with van der Waals surface area (Å²) in [7, 11) is 0. The summed E-state index contributed by atoms with van der Waals surface area (Å²) in [6.07, 6.45) is 4.72. The van der Waals surface area contributed by atoms with Crippen molar-refractivity contribution in [2.24, 2.45) is 0 Å². The van der Waals surface area contributed by atoms with Crippen molar-refractivity contribution in [3.8, 4) is 0 Å². The zero-order chi connectivity index (χ0) is 32.4. The fourth-order valence-electron chi connectivity index (χ4n) is 4.67. The Morgan fingerprint density at radius 2 is 1.44 bits per heavy atom. The van der Waals surface area contributed by atoms with Crippen LogP contribution in [0.25, 0.3) is 0 Å². The van der Waals surface area contributed by atoms with Crippen LogP contribution in [0.5, 0.6) is 0 Å². The van der Waals surface area contributed by atoms with Gasteiger partial charge in [-0.05, 0) is 66.9 Å². The van der Waals surface area contributed by atoms with Crippen LogP contribution in [0.3, 0.4) is 0 Å². The van der Waals surface area contributed by atoms with E-state index in [4.69, 9.17) is 0 Å². The first-order valence-corrected chi connectivity index (χ1v) is 17.7. The second-order valence-electron chi connectivity index (χ2n) is 10.7. The Labute approximate surface area is 274 Å². The third kappa shape index (κ3) is 12.1. The fourth-order valence-corrected chi connectivity index (χ4v) is 6.29. The van der Waals surface area contributed by atoms with Crippen LogP contribution in [0.15, 0.2) is 85.2 Å². The quantitative estimate of drug-likeness (QED) is 0.124. The van der Waals surface area contributed by atoms with Gasteiger partial charge in [-0.2, -0.15) is 23.5 Å². The average molecular weight is 653 g/mol. The molecule has 45 heavy (non-hydrogen) atoms. The number of thioether (sulfide) groups is 2. The number of amides is 3. The number of benzene rings is 2. The molecule has 2 aromatic carbocycles. The molecule has 0 bridgehead atoms. The summed E-state index contributed by atoms with van der Waals surface area (Å²) in [4.78, 5) is 43.8. The maximum atomic E-state index is 13.8. The van der Waals surface area contributed by atoms with Crippen molar-refractivity contribution in [2.75, 3.05) is 23.5 Å². The molecule has 0 unspecified atom stereocenters. The highest BCUT2D eigenvalue weighted by Gasteiger charge is 2.35. The number of carbonyl (C=O) groups excluding carboxylic acids is 3. The Morgan fingerprint density at radius 3 is 2.09 bits per heavy atom. The molecule has 11 heteroatoms. The van der Waals surface area contributed by atoms with E-state index < -0.39 is 42.1 Å². The summed E-state index contributed by atoms with van der Waals surface area (Å²) >= 11 is 3.12. The van der Waals surface area contributed by atoms with Crippen molar-refractivity contribution >= 4 is 41.2 Å². The first-order valence-electron chi connectivity index (χ1n) is 15.2. The van der Waals surface area contributed by atoms with Crippen LogP contribution in [0.1, 0.15) is 52.5 Å². The first-order chi connectivity index (χ1) is 21.8. The molecule has 5 atom stereocenters. The molecule has 0 spiro atoms. The molecule has 0 aliphatic rings. The second kappa shape index (κ2) is 19.9. The molecular formula is C34H44N4O5S2. The predicted molar refractivity (Wildman–Crippen MR) is 183 cm³/mol. The van der Waals surface area contributed by atoms with Crippen molar-refractivity contribution in [1.29, 1.82) is 0 Å². The first kappa shape index (κ1) is 36.1. The number of nitrogens with zero attached hydrogens (tertiary/aromatic N) is 1. The second-order valence-corrected chi connectivity index (χ2v) is 12.8. The van der Waals surface area contributed by atoms with Crippen molar-refractivity contribution in [2.45, 2.75) is 62.9 Å². The lowest BCUT2D eigenvalue weighted by atomic mass is 9.92. The van der Waals surface area contributed by atoms with Gasteiger partial charge in [-0.3, -0.25) is 19.4 Å². The monoisotopic (exact) mass is 652 g/mol. The van der Waals surface area contributed by atoms with Crippen LogP contribution >= 0.6 is 23.5 Å². The molecule has 3 amide bonds. The van der Waals surface area contributed by atoms with E-state index in [0.29, 0.717) is 29.1 Å². The molecule has 3 aromatic rings. The Balaban J connectivity index is 1.83. The van der Waals surface area contributed by atoms with Gasteiger partial charge in [0, 0.05) is 23.7 Å². The SMILES string of the molecule is CCCCSC[C@@H](NC(=O)c1cccnc1)C(=O)N[C@@H](Cc1ccccc1)[C@@H](O)[C@H](O)[C@@H](CCSC)NC(=O)c1ccccc1. The minimum Gasteiger partial charge on any atom is -0.388 e. The number of aliphatic hydroxyl groups is 2. The molecule has 0 aliphatic heterocycles. The Bertz CT molecular complexity index is 1300. The topological polar surface area (TPSA) is 141 Å². The number of hydrogen-bond acceptors (Lipinski definition) is 8. The number of unbranched alkanes of at least 4 members (excludes halogenated alkanes) is 1. The molecule has 9 nitrogen and oxygen atoms in total. The lowest BCUT2D eigenvalue weighted by Crippen LogP contribution is -2.59. The molecule has 0 aliphatic carbocycles. The molecule has 0 radical (unpaired) electrons. The van der Waals surface area contributed by atoms with Crippen LogP contribution < -0.4 is 16.0 Å². The highest BCUT2D eigenvalue weighted by molar-refractivity contribution is 7.99. The van der Waals surface area contributed by atoms with Gasteiger partial charge in [0.2, 0.25) is 5.91 Å². The van der Waals surface area contributed by atoms with E-state index in [0.717, 1.165) is 24.2 Å². The van der Waals surface area contributed by atoms with Gasteiger partial charge in [-0.1, -0.05) is 61.9 Å². The van der Waals surface area contributed by atoms with Crippen LogP contribution in [-0.2, 0) is 11.2 Å². The Kier molecular flexibility index (Phi) is 16.0. The number of aromatic nitrogens is 1. The molecule has 1 heterocycles. The van der Waals surface area contributed by atoms with Gasteiger partial charge in [0.05, 0.1) is 17.6 Å². The molecule has 242 valence electrons. The number of pyridine rings is 1. The van der Waals surface area contributed by atoms with Crippen molar-refractivity contribution < 1.29 is 24.6 Å². The number of hydrogen-bond donors (Lipinski definition) is 5. The van der Waals surface area contributed by atoms with E-state index in [1.807, 2.05) is 42.7 Å². The van der Waals surface area contributed by atoms with Gasteiger partial charge < -0.3 is 26.2 Å². The zero-order valence-electron chi connectivity index (χ0n) is 25.8. The third-order valence-corrected chi connectivity index (χ3v) is 9.05. The highest BCUT2D eigenvalue weighted by Crippen LogP contribution is 2.16. The van der Waals surface area contributed by atoms with Gasteiger partial charge in [-0.25, -0.2) is 0 Å². The molecule has 0 saturated heterocycles. The summed E-state index contributed by atoms with van der Waals surface area (Å²) in [6.45, 7) is 2.09. The third-order valence-electron chi connectivity index (χ3n) is 7.26. The van der Waals surface area contributed by atoms with Crippen LogP contribution in [0.2, 0.25) is 0 Å². The summed E-state index contributed by atoms with van der Waals surface area (Å²) in [6, 6.07) is 18.7. The lowest BCUT2D eigenvalue weighted by Gasteiger charge is -2.33. The van der Waals surface area contributed by atoms with E-state index in [9.17, 15) is 24.6 Å². The zero-order valence-corrected chi connectivity index (χ0v) is 27.4. The van der Waals surface area contributed by atoms with Crippen molar-refractivity contribution in [3.05, 3.63) is 102 Å². The maximum Gasteiger partial charge on any atom is 0.253 e. The van der Waals surface area contributed by atoms with Crippen LogP contribution in [-0.4, -0.2) is 86.8 Å². The van der Waals surface area contributed by atoms with E-state index in [1.165, 1.54) is 6.20 Å². The number of nitrogens with one attached hydrogen (secondary N) is 3. The minimum atomic E-state index is -1.43. The number of rotatable bonds is 19. The summed E-state index contributed by atoms with van der Waals surface area (Å²) in [5.41, 5.74) is 1.61. The van der Waals surface area contributed by atoms with Crippen LogP contribution in [0, 0.1) is 0 Å². The van der Waals surface area contributed by atoms with E-state index in [1.54, 1.807) is 66.1 Å². The van der Waals surface area contributed by atoms with Gasteiger partial charge >= 0.3 is 0 Å². The molecule has 0 saturated carbocycles. The predicted octanol–water partition coefficient (Wildman–Crippen LogP) is 3.71. The number of aliphatic hydroxyl groups excluding tert-OH is 2. The summed E-state index contributed by atoms with van der Waals surface area (Å²) in [5, 5.41) is 31.7. The van der Waals surface area contributed by atoms with E-state index in [-0.39, 0.29) is 12.3 Å². The summed E-state index contributed by atoms with van der Waals surface area (Å²) < 4.78 is 0. The smallest absolute Gasteiger partial charge is 0.253 e. The van der Waals surface area contributed by atoms with Gasteiger partial charge in [0.1, 0.15) is 18.2 Å². The summed E-state index contributed by atoms with van der Waals surface area (Å²) in [5.74, 6) is 0.529. The molecular weight excluding hydrogens is 609 g/mol. The van der Waals surface area contributed by atoms with Crippen LogP contribution in [0.4, 0.5) is 0 Å².